The van der Waals surface area contributed by atoms with Gasteiger partial charge in [-0.2, -0.15) is 0 Å². The Morgan fingerprint density at radius 3 is 1.27 bits per heavy atom. The molecule has 0 spiro atoms. The van der Waals surface area contributed by atoms with Crippen molar-refractivity contribution in [2.45, 2.75) is 153 Å². The highest BCUT2D eigenvalue weighted by molar-refractivity contribution is 6.00. The van der Waals surface area contributed by atoms with E-state index in [0.717, 1.165) is 6.92 Å². The number of amides is 11. The van der Waals surface area contributed by atoms with Gasteiger partial charge < -0.3 is 95.4 Å². The summed E-state index contributed by atoms with van der Waals surface area (Å²) in [5.41, 5.74) is 17.9. The van der Waals surface area contributed by atoms with Crippen LogP contribution < -0.4 is 65.1 Å². The summed E-state index contributed by atoms with van der Waals surface area (Å²) in [6, 6.07) is -1.78. The Morgan fingerprint density at radius 2 is 0.831 bits per heavy atom. The average Bonchev–Trinajstić information content (AvgIpc) is 2.07. The molecule has 0 saturated carbocycles. The van der Waals surface area contributed by atoms with Crippen molar-refractivity contribution in [3.05, 3.63) is 72.1 Å². The minimum Gasteiger partial charge on any atom is -0.481 e. The second kappa shape index (κ2) is 33.8. The number of primary amides is 2. The molecule has 21 N–H and O–H groups in total. The number of para-hydroxylation sites is 2. The number of carbonyl (C=O) groups excluding carboxylic acids is 11. The van der Waals surface area contributed by atoms with Crippen LogP contribution in [0.4, 0.5) is 0 Å². The summed E-state index contributed by atoms with van der Waals surface area (Å²) in [5.74, 6) is -17.4. The Hall–Kier alpha value is -9.98. The van der Waals surface area contributed by atoms with E-state index >= 15 is 0 Å². The molecule has 2 heterocycles. The van der Waals surface area contributed by atoms with E-state index in [0.29, 0.717) is 32.9 Å². The molecule has 0 fully saturated rings. The second-order valence-electron chi connectivity index (χ2n) is 21.9. The lowest BCUT2D eigenvalue weighted by atomic mass is 9.99. The van der Waals surface area contributed by atoms with E-state index in [1.807, 2.05) is 0 Å². The third-order valence-corrected chi connectivity index (χ3v) is 13.9. The summed E-state index contributed by atoms with van der Waals surface area (Å²) in [5, 5.41) is 62.8. The minimum absolute atomic E-state index is 0.0693. The number of carboxylic acids is 3. The topological polar surface area (TPSA) is 538 Å². The number of nitrogens with one attached hydrogen (secondary N) is 11. The molecule has 10 atom stereocenters. The lowest BCUT2D eigenvalue weighted by Crippen LogP contribution is -2.62. The maximum atomic E-state index is 15.0. The van der Waals surface area contributed by atoms with Crippen molar-refractivity contribution in [1.82, 2.24) is 57.8 Å². The highest BCUT2D eigenvalue weighted by atomic mass is 16.4. The maximum absolute atomic E-state index is 15.0. The highest BCUT2D eigenvalue weighted by Gasteiger charge is 2.38. The Balaban J connectivity index is 1.71. The molecule has 2 aromatic carbocycles. The van der Waals surface area contributed by atoms with Gasteiger partial charge in [-0.05, 0) is 61.3 Å². The fraction of sp³-hybridized carbons (Fsp3) is 0.474. The van der Waals surface area contributed by atoms with Gasteiger partial charge in [0.2, 0.25) is 65.0 Å². The third-order valence-electron chi connectivity index (χ3n) is 13.9. The molecule has 2 aromatic heterocycles. The monoisotopic (exact) mass is 1250 g/mol. The molecule has 0 aliphatic carbocycles. The number of rotatable bonds is 37. The first-order chi connectivity index (χ1) is 41.9. The molecular weight excluding hydrogens is 1170 g/mol. The molecule has 32 heteroatoms. The Morgan fingerprint density at radius 1 is 0.461 bits per heavy atom. The van der Waals surface area contributed by atoms with Crippen LogP contribution in [0.2, 0.25) is 0 Å². The van der Waals surface area contributed by atoms with Gasteiger partial charge in [-0.25, -0.2) is 4.79 Å². The zero-order valence-electron chi connectivity index (χ0n) is 49.5. The van der Waals surface area contributed by atoms with Crippen molar-refractivity contribution >= 4 is 105 Å². The van der Waals surface area contributed by atoms with E-state index in [1.165, 1.54) is 26.2 Å². The number of H-pyrrole nitrogens is 2. The zero-order chi connectivity index (χ0) is 66.4. The SMILES string of the molecule is CC(C)C[C@H](NC(=O)[C@H](CC(=O)O)NC(=O)CN)C(=O)N[C@H](C(=O)N[C@@H](CC(=O)O)C(=O)N[C@@H](Cc1c[nH]c2ccccc12)C(=O)N[C@@H](Cc1c[nH]c2ccccc12)C(=O)N[C@H](C(=O)N[C@@H](CCC(N)=O)C(=O)N[C@@H](CCC(N)=O)C(=O)O)[C@@H](C)O)C(C)C. The quantitative estimate of drug-likeness (QED) is 0.0207. The van der Waals surface area contributed by atoms with Gasteiger partial charge in [-0.3, -0.25) is 62.3 Å². The Kier molecular flexibility index (Phi) is 27.2. The molecule has 0 aliphatic heterocycles. The third kappa shape index (κ3) is 22.4. The van der Waals surface area contributed by atoms with Gasteiger partial charge in [0.15, 0.2) is 0 Å². The van der Waals surface area contributed by atoms with Crippen molar-refractivity contribution in [3.8, 4) is 0 Å². The fourth-order valence-corrected chi connectivity index (χ4v) is 9.34. The smallest absolute Gasteiger partial charge is 0.326 e. The highest BCUT2D eigenvalue weighted by Crippen LogP contribution is 2.22. The predicted octanol–water partition coefficient (Wildman–Crippen LogP) is -3.60. The standard InChI is InChI=1S/C57H78N14O18/c1-26(2)18-37(66-51(82)40(21-45(76)77)63-44(75)23-58)53(84)70-47(27(3)4)55(86)69-41(22-46(78)79)52(83)67-38(19-29-24-61-33-12-8-6-10-31(29)33)50(81)68-39(20-30-25-62-34-13-9-7-11-32(30)34)54(85)71-48(28(5)72)56(87)64-35(14-16-42(59)73)49(80)65-36(57(88)89)15-17-43(60)74/h6-13,24-28,35-41,47-48,61-62,72H,14-23,58H2,1-5H3,(H2,59,73)(H2,60,74)(H,63,75)(H,64,87)(H,65,80)(H,66,82)(H,67,83)(H,68,81)(H,69,86)(H,70,84)(H,71,85)(H,76,77)(H,78,79)(H,88,89)/t28-,35+,36+,37+,38+,39+,40+,41+,47+,48+/m1/s1. The van der Waals surface area contributed by atoms with Crippen molar-refractivity contribution in [2.24, 2.45) is 29.0 Å². The number of nitrogens with two attached hydrogens (primary N) is 3. The van der Waals surface area contributed by atoms with Crippen LogP contribution >= 0.6 is 0 Å². The molecule has 11 amide bonds. The normalized spacial score (nSPS) is 14.6. The van der Waals surface area contributed by atoms with Crippen LogP contribution in [0.15, 0.2) is 60.9 Å². The zero-order valence-corrected chi connectivity index (χ0v) is 49.5. The van der Waals surface area contributed by atoms with Gasteiger partial charge in [0, 0.05) is 59.9 Å². The molecule has 0 aliphatic rings. The number of carbonyl (C=O) groups is 14. The van der Waals surface area contributed by atoms with Crippen LogP contribution in [0.1, 0.15) is 90.7 Å². The van der Waals surface area contributed by atoms with Crippen LogP contribution in [-0.2, 0) is 80.0 Å². The van der Waals surface area contributed by atoms with Crippen LogP contribution in [0, 0.1) is 11.8 Å². The van der Waals surface area contributed by atoms with Gasteiger partial charge in [-0.1, -0.05) is 64.1 Å². The summed E-state index contributed by atoms with van der Waals surface area (Å²) in [6.45, 7) is 6.88. The molecule has 484 valence electrons. The first-order valence-electron chi connectivity index (χ1n) is 28.3. The number of fused-ring (bicyclic) bond motifs is 2. The van der Waals surface area contributed by atoms with E-state index in [1.54, 1.807) is 62.4 Å². The first-order valence-corrected chi connectivity index (χ1v) is 28.3. The number of aliphatic hydroxyl groups is 1. The largest absolute Gasteiger partial charge is 0.481 e. The number of hydrogen-bond acceptors (Lipinski definition) is 16. The van der Waals surface area contributed by atoms with E-state index in [-0.39, 0.29) is 25.2 Å². The first kappa shape index (κ1) is 71.5. The summed E-state index contributed by atoms with van der Waals surface area (Å²) >= 11 is 0. The van der Waals surface area contributed by atoms with Gasteiger partial charge in [0.05, 0.1) is 25.5 Å². The Labute approximate surface area is 509 Å². The van der Waals surface area contributed by atoms with Crippen LogP contribution in [0.5, 0.6) is 0 Å². The van der Waals surface area contributed by atoms with Gasteiger partial charge in [0.25, 0.3) is 0 Å². The average molecular weight is 1250 g/mol. The summed E-state index contributed by atoms with van der Waals surface area (Å²) in [7, 11) is 0. The van der Waals surface area contributed by atoms with Crippen LogP contribution in [0.25, 0.3) is 21.8 Å². The number of aliphatic hydroxyl groups excluding tert-OH is 1. The van der Waals surface area contributed by atoms with Crippen molar-refractivity contribution < 1.29 is 87.5 Å². The summed E-state index contributed by atoms with van der Waals surface area (Å²) in [4.78, 5) is 191. The minimum atomic E-state index is -1.99. The van der Waals surface area contributed by atoms with Crippen molar-refractivity contribution in [1.29, 1.82) is 0 Å². The number of carboxylic acid groups (broad SMARTS) is 3. The van der Waals surface area contributed by atoms with Gasteiger partial charge >= 0.3 is 17.9 Å². The van der Waals surface area contributed by atoms with Crippen LogP contribution in [-0.4, -0.2) is 180 Å². The fourth-order valence-electron chi connectivity index (χ4n) is 9.34. The number of aliphatic carboxylic acids is 3. The Bertz CT molecular complexity index is 3250. The molecule has 32 nitrogen and oxygen atoms in total. The predicted molar refractivity (Wildman–Crippen MR) is 315 cm³/mol. The maximum Gasteiger partial charge on any atom is 0.326 e. The number of benzene rings is 2. The van der Waals surface area contributed by atoms with E-state index in [9.17, 15) is 87.5 Å². The lowest BCUT2D eigenvalue weighted by molar-refractivity contribution is -0.143. The van der Waals surface area contributed by atoms with Crippen molar-refractivity contribution in [2.75, 3.05) is 6.54 Å². The second-order valence-corrected chi connectivity index (χ2v) is 21.9. The molecule has 0 radical (unpaired) electrons. The van der Waals surface area contributed by atoms with E-state index < -0.39 is 194 Å². The number of aromatic amines is 2. The van der Waals surface area contributed by atoms with Crippen LogP contribution in [0.3, 0.4) is 0 Å². The van der Waals surface area contributed by atoms with E-state index in [2.05, 4.69) is 57.8 Å². The van der Waals surface area contributed by atoms with E-state index in [4.69, 9.17) is 17.2 Å². The molecule has 0 bridgehead atoms. The summed E-state index contributed by atoms with van der Waals surface area (Å²) < 4.78 is 0. The molecule has 4 aromatic rings. The van der Waals surface area contributed by atoms with Crippen molar-refractivity contribution in [3.63, 3.8) is 0 Å². The molecule has 4 rings (SSSR count). The molecule has 0 saturated heterocycles. The molecule has 89 heavy (non-hydrogen) atoms. The number of hydrogen-bond donors (Lipinski definition) is 18. The van der Waals surface area contributed by atoms with Gasteiger partial charge in [0.1, 0.15) is 54.4 Å². The molecule has 0 unspecified atom stereocenters. The number of aromatic nitrogens is 2. The lowest BCUT2D eigenvalue weighted by Gasteiger charge is -2.29. The molecular formula is C57H78N14O18. The summed E-state index contributed by atoms with van der Waals surface area (Å²) in [6.07, 6.45) is -3.44. The van der Waals surface area contributed by atoms with Gasteiger partial charge in [-0.15, -0.1) is 0 Å².